The van der Waals surface area contributed by atoms with Crippen molar-refractivity contribution in [1.82, 2.24) is 14.7 Å². The van der Waals surface area contributed by atoms with Crippen molar-refractivity contribution in [3.05, 3.63) is 47.5 Å². The van der Waals surface area contributed by atoms with Gasteiger partial charge in [-0.1, -0.05) is 0 Å². The second-order valence-corrected chi connectivity index (χ2v) is 8.03. The minimum atomic E-state index is -0.285. The zero-order valence-corrected chi connectivity index (χ0v) is 16.4. The molecule has 1 N–H and O–H groups in total. The average molecular weight is 386 g/mol. The van der Waals surface area contributed by atoms with Gasteiger partial charge < -0.3 is 10.0 Å². The number of aliphatic hydroxyl groups is 1. The number of hydrogen-bond donors (Lipinski definition) is 1. The van der Waals surface area contributed by atoms with Crippen LogP contribution in [-0.4, -0.2) is 58.0 Å². The highest BCUT2D eigenvalue weighted by Gasteiger charge is 2.42. The Morgan fingerprint density at radius 1 is 1.32 bits per heavy atom. The molecular formula is C21H27FN4O2. The molecule has 0 aliphatic carbocycles. The van der Waals surface area contributed by atoms with E-state index in [0.717, 1.165) is 36.2 Å². The number of hydrogen-bond acceptors (Lipinski definition) is 4. The van der Waals surface area contributed by atoms with E-state index in [-0.39, 0.29) is 36.2 Å². The number of carbonyl (C=O) groups is 1. The molecule has 2 aliphatic rings. The molecule has 2 aromatic rings. The van der Waals surface area contributed by atoms with E-state index in [4.69, 9.17) is 0 Å². The van der Waals surface area contributed by atoms with E-state index in [0.29, 0.717) is 13.1 Å². The Hall–Kier alpha value is -2.25. The minimum Gasteiger partial charge on any atom is -0.396 e. The van der Waals surface area contributed by atoms with Crippen LogP contribution in [0.5, 0.6) is 0 Å². The van der Waals surface area contributed by atoms with Crippen LogP contribution in [0.2, 0.25) is 0 Å². The van der Waals surface area contributed by atoms with Crippen molar-refractivity contribution < 1.29 is 14.3 Å². The molecule has 2 aliphatic heterocycles. The molecule has 1 aromatic carbocycles. The van der Waals surface area contributed by atoms with Crippen LogP contribution in [-0.2, 0) is 11.8 Å². The Bertz CT molecular complexity index is 868. The van der Waals surface area contributed by atoms with Crippen LogP contribution < -0.4 is 4.90 Å². The number of amides is 1. The summed E-state index contributed by atoms with van der Waals surface area (Å²) in [5.74, 6) is 0.0609. The van der Waals surface area contributed by atoms with Gasteiger partial charge in [0.25, 0.3) is 0 Å². The van der Waals surface area contributed by atoms with Gasteiger partial charge in [0.1, 0.15) is 5.82 Å². The van der Waals surface area contributed by atoms with E-state index >= 15 is 0 Å². The summed E-state index contributed by atoms with van der Waals surface area (Å²) in [5.41, 5.74) is 2.67. The second kappa shape index (κ2) is 7.64. The molecule has 0 spiro atoms. The molecule has 0 bridgehead atoms. The largest absolute Gasteiger partial charge is 0.396 e. The molecule has 1 aromatic heterocycles. The summed E-state index contributed by atoms with van der Waals surface area (Å²) in [6, 6.07) is 4.38. The molecular weight excluding hydrogens is 359 g/mol. The number of aromatic nitrogens is 2. The molecule has 3 atom stereocenters. The molecule has 1 amide bonds. The number of rotatable bonds is 4. The van der Waals surface area contributed by atoms with E-state index in [1.54, 1.807) is 15.6 Å². The van der Waals surface area contributed by atoms with Crippen LogP contribution in [0, 0.1) is 18.7 Å². The Labute approximate surface area is 164 Å². The number of aliphatic hydroxyl groups excluding tert-OH is 1. The van der Waals surface area contributed by atoms with Crippen molar-refractivity contribution in [3.8, 4) is 0 Å². The number of piperidine rings is 1. The van der Waals surface area contributed by atoms with Gasteiger partial charge in [-0.3, -0.25) is 14.4 Å². The summed E-state index contributed by atoms with van der Waals surface area (Å²) in [7, 11) is 1.89. The fraction of sp³-hybridized carbons (Fsp3) is 0.524. The lowest BCUT2D eigenvalue weighted by atomic mass is 9.92. The third-order valence-electron chi connectivity index (χ3n) is 6.16. The summed E-state index contributed by atoms with van der Waals surface area (Å²) in [6.45, 7) is 4.03. The molecule has 2 fully saturated rings. The second-order valence-electron chi connectivity index (χ2n) is 8.03. The van der Waals surface area contributed by atoms with Crippen molar-refractivity contribution in [3.63, 3.8) is 0 Å². The maximum absolute atomic E-state index is 13.5. The van der Waals surface area contributed by atoms with Gasteiger partial charge in [-0.05, 0) is 49.1 Å². The zero-order chi connectivity index (χ0) is 19.8. The molecule has 0 saturated carbocycles. The van der Waals surface area contributed by atoms with Crippen molar-refractivity contribution in [1.29, 1.82) is 0 Å². The third kappa shape index (κ3) is 3.44. The van der Waals surface area contributed by atoms with Crippen LogP contribution in [0.4, 0.5) is 10.1 Å². The molecule has 1 unspecified atom stereocenters. The van der Waals surface area contributed by atoms with Crippen LogP contribution in [0.1, 0.15) is 29.9 Å². The number of nitrogens with zero attached hydrogens (tertiary/aromatic N) is 4. The Balaban J connectivity index is 1.54. The van der Waals surface area contributed by atoms with Crippen molar-refractivity contribution in [2.75, 3.05) is 31.1 Å². The van der Waals surface area contributed by atoms with Gasteiger partial charge in [-0.2, -0.15) is 5.10 Å². The molecule has 28 heavy (non-hydrogen) atoms. The van der Waals surface area contributed by atoms with E-state index in [9.17, 15) is 14.3 Å². The molecule has 3 heterocycles. The molecule has 7 heteroatoms. The van der Waals surface area contributed by atoms with E-state index in [1.165, 1.54) is 12.1 Å². The van der Waals surface area contributed by atoms with Gasteiger partial charge >= 0.3 is 0 Å². The lowest BCUT2D eigenvalue weighted by molar-refractivity contribution is -0.125. The Morgan fingerprint density at radius 3 is 2.82 bits per heavy atom. The third-order valence-corrected chi connectivity index (χ3v) is 6.16. The van der Waals surface area contributed by atoms with Gasteiger partial charge in [-0.25, -0.2) is 4.39 Å². The number of anilines is 1. The quantitative estimate of drug-likeness (QED) is 0.874. The number of carbonyl (C=O) groups excluding carboxylic acids is 1. The molecule has 4 rings (SSSR count). The lowest BCUT2D eigenvalue weighted by Gasteiger charge is -2.37. The number of benzene rings is 1. The minimum absolute atomic E-state index is 0.0736. The van der Waals surface area contributed by atoms with Crippen LogP contribution in [0.25, 0.3) is 0 Å². The van der Waals surface area contributed by atoms with Gasteiger partial charge in [0.05, 0.1) is 12.2 Å². The monoisotopic (exact) mass is 386 g/mol. The van der Waals surface area contributed by atoms with Crippen molar-refractivity contribution in [2.45, 2.75) is 31.7 Å². The van der Waals surface area contributed by atoms with Gasteiger partial charge in [0.2, 0.25) is 5.91 Å². The van der Waals surface area contributed by atoms with Crippen molar-refractivity contribution >= 4 is 11.6 Å². The Morgan fingerprint density at radius 2 is 2.14 bits per heavy atom. The van der Waals surface area contributed by atoms with Crippen LogP contribution in [0.3, 0.4) is 0 Å². The lowest BCUT2D eigenvalue weighted by Crippen LogP contribution is -2.52. The van der Waals surface area contributed by atoms with Crippen LogP contribution in [0.15, 0.2) is 30.6 Å². The van der Waals surface area contributed by atoms with Crippen LogP contribution >= 0.6 is 0 Å². The molecule has 6 nitrogen and oxygen atoms in total. The first-order chi connectivity index (χ1) is 13.5. The highest BCUT2D eigenvalue weighted by Crippen LogP contribution is 2.36. The summed E-state index contributed by atoms with van der Waals surface area (Å²) in [4.78, 5) is 17.3. The first-order valence-corrected chi connectivity index (χ1v) is 9.89. The summed E-state index contributed by atoms with van der Waals surface area (Å²) >= 11 is 0. The number of likely N-dealkylation sites (tertiary alicyclic amines) is 1. The predicted octanol–water partition coefficient (Wildman–Crippen LogP) is 2.07. The SMILES string of the molecule is Cc1cc(F)ccc1N1CCCC(N2C[C@@H](CO)[C@H](c3cnn(C)c3)C2)C1=O. The van der Waals surface area contributed by atoms with E-state index < -0.39 is 0 Å². The van der Waals surface area contributed by atoms with Gasteiger partial charge in [-0.15, -0.1) is 0 Å². The van der Waals surface area contributed by atoms with Crippen molar-refractivity contribution in [2.24, 2.45) is 13.0 Å². The first-order valence-electron chi connectivity index (χ1n) is 9.89. The molecule has 0 radical (unpaired) electrons. The normalized spacial score (nSPS) is 26.2. The fourth-order valence-electron chi connectivity index (χ4n) is 4.71. The van der Waals surface area contributed by atoms with Gasteiger partial charge in [0, 0.05) is 57.0 Å². The summed E-state index contributed by atoms with van der Waals surface area (Å²) in [6.07, 6.45) is 5.57. The van der Waals surface area contributed by atoms with E-state index in [1.807, 2.05) is 26.4 Å². The highest BCUT2D eigenvalue weighted by atomic mass is 19.1. The number of aryl methyl sites for hydroxylation is 2. The fourth-order valence-corrected chi connectivity index (χ4v) is 4.71. The Kier molecular flexibility index (Phi) is 5.21. The molecule has 150 valence electrons. The maximum atomic E-state index is 13.5. The summed E-state index contributed by atoms with van der Waals surface area (Å²) < 4.78 is 15.3. The summed E-state index contributed by atoms with van der Waals surface area (Å²) in [5, 5.41) is 14.2. The smallest absolute Gasteiger partial charge is 0.244 e. The topological polar surface area (TPSA) is 61.6 Å². The van der Waals surface area contributed by atoms with E-state index in [2.05, 4.69) is 10.00 Å². The average Bonchev–Trinajstić information content (AvgIpc) is 3.28. The predicted molar refractivity (Wildman–Crippen MR) is 105 cm³/mol. The standard InChI is InChI=1S/C21H27FN4O2/c1-14-8-17(22)5-6-19(14)26-7-3-4-20(21(26)28)25-11-16(13-27)18(12-25)15-9-23-24(2)10-15/h5-6,8-10,16,18,20,27H,3-4,7,11-13H2,1-2H3/t16-,18-,20?/m0/s1. The first kappa shape index (κ1) is 19.1. The maximum Gasteiger partial charge on any atom is 0.244 e. The molecule has 2 saturated heterocycles. The number of halogens is 1. The zero-order valence-electron chi connectivity index (χ0n) is 16.4. The van der Waals surface area contributed by atoms with Gasteiger partial charge in [0.15, 0.2) is 0 Å². The highest BCUT2D eigenvalue weighted by molar-refractivity contribution is 5.98.